The van der Waals surface area contributed by atoms with E-state index in [2.05, 4.69) is 4.98 Å². The molecule has 3 rings (SSSR count). The molecule has 0 saturated carbocycles. The SMILES string of the molecule is NC(CO)Cc1c(-c2ccc(F)cc2)[nH]c2ccccc12. The van der Waals surface area contributed by atoms with E-state index in [0.717, 1.165) is 27.7 Å². The van der Waals surface area contributed by atoms with Crippen LogP contribution in [0.15, 0.2) is 48.5 Å². The Kier molecular flexibility index (Phi) is 3.73. The van der Waals surface area contributed by atoms with Gasteiger partial charge in [-0.05, 0) is 47.9 Å². The third-order valence-corrected chi connectivity index (χ3v) is 3.65. The molecule has 0 amide bonds. The molecule has 0 aliphatic rings. The average molecular weight is 284 g/mol. The lowest BCUT2D eigenvalue weighted by atomic mass is 9.99. The third-order valence-electron chi connectivity index (χ3n) is 3.65. The molecule has 1 atom stereocenters. The summed E-state index contributed by atoms with van der Waals surface area (Å²) in [7, 11) is 0. The summed E-state index contributed by atoms with van der Waals surface area (Å²) in [4.78, 5) is 3.37. The van der Waals surface area contributed by atoms with Gasteiger partial charge in [0.15, 0.2) is 0 Å². The summed E-state index contributed by atoms with van der Waals surface area (Å²) in [5.74, 6) is -0.261. The van der Waals surface area contributed by atoms with E-state index in [0.29, 0.717) is 6.42 Å². The Balaban J connectivity index is 2.16. The zero-order chi connectivity index (χ0) is 14.8. The van der Waals surface area contributed by atoms with Crippen LogP contribution in [0.4, 0.5) is 4.39 Å². The quantitative estimate of drug-likeness (QED) is 0.690. The fourth-order valence-corrected chi connectivity index (χ4v) is 2.60. The summed E-state index contributed by atoms with van der Waals surface area (Å²) >= 11 is 0. The van der Waals surface area contributed by atoms with Gasteiger partial charge < -0.3 is 15.8 Å². The molecule has 0 saturated heterocycles. The highest BCUT2D eigenvalue weighted by molar-refractivity contribution is 5.90. The molecule has 4 heteroatoms. The van der Waals surface area contributed by atoms with Crippen molar-refractivity contribution in [2.24, 2.45) is 5.73 Å². The van der Waals surface area contributed by atoms with Crippen molar-refractivity contribution >= 4 is 10.9 Å². The summed E-state index contributed by atoms with van der Waals surface area (Å²) in [6.45, 7) is -0.0671. The van der Waals surface area contributed by atoms with Crippen molar-refractivity contribution in [1.82, 2.24) is 4.98 Å². The largest absolute Gasteiger partial charge is 0.395 e. The van der Waals surface area contributed by atoms with Gasteiger partial charge >= 0.3 is 0 Å². The maximum Gasteiger partial charge on any atom is 0.123 e. The number of aromatic amines is 1. The van der Waals surface area contributed by atoms with Crippen molar-refractivity contribution in [2.75, 3.05) is 6.61 Å². The molecule has 1 heterocycles. The van der Waals surface area contributed by atoms with Crippen LogP contribution in [0.1, 0.15) is 5.56 Å². The molecule has 3 nitrogen and oxygen atoms in total. The second-order valence-corrected chi connectivity index (χ2v) is 5.18. The second-order valence-electron chi connectivity index (χ2n) is 5.18. The number of H-pyrrole nitrogens is 1. The number of aliphatic hydroxyl groups is 1. The van der Waals surface area contributed by atoms with Gasteiger partial charge in [0.25, 0.3) is 0 Å². The van der Waals surface area contributed by atoms with Crippen LogP contribution in [0.3, 0.4) is 0 Å². The number of para-hydroxylation sites is 1. The minimum absolute atomic E-state index is 0.0671. The normalized spacial score (nSPS) is 12.7. The third kappa shape index (κ3) is 2.68. The predicted octanol–water partition coefficient (Wildman–Crippen LogP) is 2.84. The maximum absolute atomic E-state index is 13.1. The zero-order valence-electron chi connectivity index (χ0n) is 11.5. The number of aliphatic hydroxyl groups excluding tert-OH is 1. The van der Waals surface area contributed by atoms with Crippen LogP contribution in [0, 0.1) is 5.82 Å². The van der Waals surface area contributed by atoms with Crippen molar-refractivity contribution in [3.8, 4) is 11.3 Å². The van der Waals surface area contributed by atoms with Crippen LogP contribution in [0.5, 0.6) is 0 Å². The van der Waals surface area contributed by atoms with Crippen LogP contribution in [0.25, 0.3) is 22.2 Å². The van der Waals surface area contributed by atoms with Crippen molar-refractivity contribution in [1.29, 1.82) is 0 Å². The first-order chi connectivity index (χ1) is 10.2. The number of rotatable bonds is 4. The van der Waals surface area contributed by atoms with E-state index in [1.807, 2.05) is 24.3 Å². The van der Waals surface area contributed by atoms with Gasteiger partial charge in [0.1, 0.15) is 5.82 Å². The highest BCUT2D eigenvalue weighted by atomic mass is 19.1. The van der Waals surface area contributed by atoms with E-state index in [9.17, 15) is 9.50 Å². The summed E-state index contributed by atoms with van der Waals surface area (Å²) < 4.78 is 13.1. The summed E-state index contributed by atoms with van der Waals surface area (Å²) in [5, 5.41) is 10.3. The molecular weight excluding hydrogens is 267 g/mol. The fourth-order valence-electron chi connectivity index (χ4n) is 2.60. The lowest BCUT2D eigenvalue weighted by Crippen LogP contribution is -2.26. The Morgan fingerprint density at radius 3 is 2.52 bits per heavy atom. The minimum atomic E-state index is -0.316. The number of nitrogens with one attached hydrogen (secondary N) is 1. The van der Waals surface area contributed by atoms with Gasteiger partial charge in [0.05, 0.1) is 6.61 Å². The first-order valence-electron chi connectivity index (χ1n) is 6.91. The lowest BCUT2D eigenvalue weighted by molar-refractivity contribution is 0.265. The Morgan fingerprint density at radius 2 is 1.81 bits per heavy atom. The fraction of sp³-hybridized carbons (Fsp3) is 0.176. The van der Waals surface area contributed by atoms with Gasteiger partial charge in [-0.25, -0.2) is 4.39 Å². The van der Waals surface area contributed by atoms with Crippen LogP contribution < -0.4 is 5.73 Å². The molecule has 4 N–H and O–H groups in total. The average Bonchev–Trinajstić information content (AvgIpc) is 2.87. The Hall–Kier alpha value is -2.17. The molecule has 21 heavy (non-hydrogen) atoms. The first-order valence-corrected chi connectivity index (χ1v) is 6.91. The Bertz CT molecular complexity index is 749. The number of nitrogens with two attached hydrogens (primary N) is 1. The number of halogens is 1. The standard InChI is InChI=1S/C17H17FN2O/c18-12-7-5-11(6-8-12)17-15(9-13(19)10-21)14-3-1-2-4-16(14)20-17/h1-8,13,20-21H,9-10,19H2. The molecule has 1 unspecified atom stereocenters. The highest BCUT2D eigenvalue weighted by Gasteiger charge is 2.15. The smallest absolute Gasteiger partial charge is 0.123 e. The molecule has 2 aromatic carbocycles. The monoisotopic (exact) mass is 284 g/mol. The molecule has 0 spiro atoms. The zero-order valence-corrected chi connectivity index (χ0v) is 11.5. The van der Waals surface area contributed by atoms with Gasteiger partial charge in [-0.3, -0.25) is 0 Å². The molecule has 0 fully saturated rings. The van der Waals surface area contributed by atoms with E-state index in [1.165, 1.54) is 12.1 Å². The van der Waals surface area contributed by atoms with Crippen LogP contribution in [0.2, 0.25) is 0 Å². The highest BCUT2D eigenvalue weighted by Crippen LogP contribution is 2.31. The molecule has 0 aliphatic carbocycles. The van der Waals surface area contributed by atoms with Crippen molar-refractivity contribution in [2.45, 2.75) is 12.5 Å². The van der Waals surface area contributed by atoms with E-state index in [1.54, 1.807) is 12.1 Å². The second kappa shape index (κ2) is 5.68. The van der Waals surface area contributed by atoms with E-state index in [4.69, 9.17) is 5.73 Å². The Morgan fingerprint density at radius 1 is 1.10 bits per heavy atom. The molecule has 3 aromatic rings. The van der Waals surface area contributed by atoms with E-state index >= 15 is 0 Å². The van der Waals surface area contributed by atoms with Gasteiger partial charge in [-0.1, -0.05) is 18.2 Å². The summed E-state index contributed by atoms with van der Waals surface area (Å²) in [6.07, 6.45) is 0.563. The van der Waals surface area contributed by atoms with Crippen molar-refractivity contribution in [3.05, 3.63) is 59.9 Å². The van der Waals surface area contributed by atoms with Crippen LogP contribution in [-0.4, -0.2) is 22.7 Å². The number of benzene rings is 2. The van der Waals surface area contributed by atoms with Gasteiger partial charge in [-0.15, -0.1) is 0 Å². The van der Waals surface area contributed by atoms with Crippen molar-refractivity contribution in [3.63, 3.8) is 0 Å². The maximum atomic E-state index is 13.1. The van der Waals surface area contributed by atoms with Gasteiger partial charge in [0, 0.05) is 22.6 Å². The van der Waals surface area contributed by atoms with Crippen molar-refractivity contribution < 1.29 is 9.50 Å². The molecule has 0 bridgehead atoms. The topological polar surface area (TPSA) is 62.0 Å². The molecule has 0 radical (unpaired) electrons. The number of aromatic nitrogens is 1. The van der Waals surface area contributed by atoms with Gasteiger partial charge in [-0.2, -0.15) is 0 Å². The first kappa shape index (κ1) is 13.8. The minimum Gasteiger partial charge on any atom is -0.395 e. The predicted molar refractivity (Wildman–Crippen MR) is 82.5 cm³/mol. The summed E-state index contributed by atoms with van der Waals surface area (Å²) in [6, 6.07) is 14.0. The summed E-state index contributed by atoms with van der Waals surface area (Å²) in [5.41, 5.74) is 9.81. The van der Waals surface area contributed by atoms with E-state index in [-0.39, 0.29) is 18.5 Å². The Labute approximate surface area is 122 Å². The van der Waals surface area contributed by atoms with Crippen LogP contribution in [-0.2, 0) is 6.42 Å². The number of hydrogen-bond acceptors (Lipinski definition) is 2. The molecule has 0 aliphatic heterocycles. The molecular formula is C17H17FN2O. The number of hydrogen-bond donors (Lipinski definition) is 3. The number of fused-ring (bicyclic) bond motifs is 1. The molecule has 108 valence electrons. The molecule has 1 aromatic heterocycles. The van der Waals surface area contributed by atoms with Gasteiger partial charge in [0.2, 0.25) is 0 Å². The lowest BCUT2D eigenvalue weighted by Gasteiger charge is -2.10. The van der Waals surface area contributed by atoms with E-state index < -0.39 is 0 Å². The van der Waals surface area contributed by atoms with Crippen LogP contribution >= 0.6 is 0 Å².